The van der Waals surface area contributed by atoms with Crippen molar-refractivity contribution in [2.75, 3.05) is 6.54 Å². The van der Waals surface area contributed by atoms with Gasteiger partial charge in [-0.2, -0.15) is 0 Å². The Bertz CT molecular complexity index is 464. The molecule has 3 heteroatoms. The lowest BCUT2D eigenvalue weighted by atomic mass is 10.1. The minimum atomic E-state index is -0.406. The molecule has 18 heavy (non-hydrogen) atoms. The molecular weight excluding hydrogens is 226 g/mol. The number of benzene rings is 1. The fourth-order valence-electron chi connectivity index (χ4n) is 1.87. The molecule has 0 spiro atoms. The molecule has 0 amide bonds. The van der Waals surface area contributed by atoms with Crippen LogP contribution in [0, 0.1) is 6.92 Å². The predicted molar refractivity (Wildman–Crippen MR) is 71.2 cm³/mol. The van der Waals surface area contributed by atoms with Gasteiger partial charge in [-0.25, -0.2) is 0 Å². The van der Waals surface area contributed by atoms with Crippen molar-refractivity contribution in [2.45, 2.75) is 26.0 Å². The molecule has 0 aliphatic heterocycles. The van der Waals surface area contributed by atoms with E-state index in [9.17, 15) is 5.11 Å². The van der Waals surface area contributed by atoms with Gasteiger partial charge in [0.1, 0.15) is 11.5 Å². The highest BCUT2D eigenvalue weighted by Gasteiger charge is 2.06. The van der Waals surface area contributed by atoms with E-state index in [1.54, 1.807) is 0 Å². The summed E-state index contributed by atoms with van der Waals surface area (Å²) in [5.41, 5.74) is 0.966. The molecule has 2 rings (SSSR count). The quantitative estimate of drug-likeness (QED) is 0.769. The maximum Gasteiger partial charge on any atom is 0.117 e. The Labute approximate surface area is 107 Å². The number of hydrogen-bond donors (Lipinski definition) is 2. The third-order valence-electron chi connectivity index (χ3n) is 2.87. The van der Waals surface area contributed by atoms with Crippen LogP contribution < -0.4 is 5.32 Å². The molecule has 1 aromatic carbocycles. The first-order valence-electron chi connectivity index (χ1n) is 6.25. The Morgan fingerprint density at radius 1 is 1.17 bits per heavy atom. The van der Waals surface area contributed by atoms with E-state index in [2.05, 4.69) is 5.32 Å². The summed E-state index contributed by atoms with van der Waals surface area (Å²) in [5.74, 6) is 1.86. The number of aliphatic hydroxyl groups excluding tert-OH is 1. The molecule has 0 aliphatic rings. The van der Waals surface area contributed by atoms with Crippen LogP contribution in [0.25, 0.3) is 0 Å². The van der Waals surface area contributed by atoms with Gasteiger partial charge in [0, 0.05) is 0 Å². The maximum atomic E-state index is 9.96. The van der Waals surface area contributed by atoms with Crippen molar-refractivity contribution in [1.29, 1.82) is 0 Å². The van der Waals surface area contributed by atoms with Gasteiger partial charge in [0.05, 0.1) is 12.6 Å². The molecule has 2 N–H and O–H groups in total. The summed E-state index contributed by atoms with van der Waals surface area (Å²) in [6, 6.07) is 13.6. The number of rotatable bonds is 6. The lowest BCUT2D eigenvalue weighted by Gasteiger charge is -2.10. The average Bonchev–Trinajstić information content (AvgIpc) is 2.81. The summed E-state index contributed by atoms with van der Waals surface area (Å²) in [4.78, 5) is 0. The molecule has 1 atom stereocenters. The number of hydrogen-bond acceptors (Lipinski definition) is 3. The van der Waals surface area contributed by atoms with Gasteiger partial charge in [-0.15, -0.1) is 0 Å². The minimum absolute atomic E-state index is 0.406. The normalized spacial score (nSPS) is 12.6. The van der Waals surface area contributed by atoms with Crippen molar-refractivity contribution in [1.82, 2.24) is 5.32 Å². The molecule has 0 saturated carbocycles. The number of aliphatic hydroxyl groups is 1. The van der Waals surface area contributed by atoms with E-state index in [0.29, 0.717) is 13.0 Å². The first-order chi connectivity index (χ1) is 8.75. The second kappa shape index (κ2) is 6.38. The second-order valence-corrected chi connectivity index (χ2v) is 4.40. The van der Waals surface area contributed by atoms with Gasteiger partial charge >= 0.3 is 0 Å². The Balaban J connectivity index is 1.69. The second-order valence-electron chi connectivity index (χ2n) is 4.40. The molecule has 96 valence electrons. The monoisotopic (exact) mass is 245 g/mol. The maximum absolute atomic E-state index is 9.96. The van der Waals surface area contributed by atoms with Crippen molar-refractivity contribution in [2.24, 2.45) is 0 Å². The zero-order chi connectivity index (χ0) is 12.8. The molecule has 0 unspecified atom stereocenters. The molecule has 3 nitrogen and oxygen atoms in total. The summed E-state index contributed by atoms with van der Waals surface area (Å²) < 4.78 is 5.45. The summed E-state index contributed by atoms with van der Waals surface area (Å²) in [5, 5.41) is 13.2. The summed E-state index contributed by atoms with van der Waals surface area (Å²) in [6.45, 7) is 3.40. The first kappa shape index (κ1) is 12.9. The molecule has 0 radical (unpaired) electrons. The molecular formula is C15H19NO2. The molecule has 2 aromatic rings. The summed E-state index contributed by atoms with van der Waals surface area (Å²) in [7, 11) is 0. The Morgan fingerprint density at radius 3 is 2.61 bits per heavy atom. The van der Waals surface area contributed by atoms with Crippen LogP contribution in [0.2, 0.25) is 0 Å². The Kier molecular flexibility index (Phi) is 4.56. The van der Waals surface area contributed by atoms with E-state index in [0.717, 1.165) is 23.6 Å². The van der Waals surface area contributed by atoms with Gasteiger partial charge in [0.25, 0.3) is 0 Å². The van der Waals surface area contributed by atoms with E-state index < -0.39 is 6.10 Å². The molecule has 0 bridgehead atoms. The van der Waals surface area contributed by atoms with Crippen LogP contribution in [-0.2, 0) is 6.54 Å². The van der Waals surface area contributed by atoms with Crippen LogP contribution in [0.5, 0.6) is 0 Å². The standard InChI is InChI=1S/C15H19NO2/c1-12-7-8-14(18-12)11-16-10-9-15(17)13-5-3-2-4-6-13/h2-8,15-17H,9-11H2,1H3/t15-/m1/s1. The SMILES string of the molecule is Cc1ccc(CNCC[C@@H](O)c2ccccc2)o1. The van der Waals surface area contributed by atoms with Gasteiger partial charge in [-0.1, -0.05) is 30.3 Å². The highest BCUT2D eigenvalue weighted by atomic mass is 16.3. The fraction of sp³-hybridized carbons (Fsp3) is 0.333. The van der Waals surface area contributed by atoms with E-state index >= 15 is 0 Å². The predicted octanol–water partition coefficient (Wildman–Crippen LogP) is 2.80. The topological polar surface area (TPSA) is 45.4 Å². The third-order valence-corrected chi connectivity index (χ3v) is 2.87. The van der Waals surface area contributed by atoms with Gasteiger partial charge in [-0.05, 0) is 37.6 Å². The van der Waals surface area contributed by atoms with Crippen molar-refractivity contribution in [3.05, 3.63) is 59.5 Å². The zero-order valence-corrected chi connectivity index (χ0v) is 10.6. The Hall–Kier alpha value is -1.58. The lowest BCUT2D eigenvalue weighted by Crippen LogP contribution is -2.16. The fourth-order valence-corrected chi connectivity index (χ4v) is 1.87. The van der Waals surface area contributed by atoms with Gasteiger partial charge < -0.3 is 14.8 Å². The van der Waals surface area contributed by atoms with E-state index in [4.69, 9.17) is 4.42 Å². The molecule has 0 saturated heterocycles. The molecule has 0 aliphatic carbocycles. The first-order valence-corrected chi connectivity index (χ1v) is 6.25. The van der Waals surface area contributed by atoms with E-state index in [-0.39, 0.29) is 0 Å². The highest BCUT2D eigenvalue weighted by Crippen LogP contribution is 2.15. The van der Waals surface area contributed by atoms with Crippen molar-refractivity contribution in [3.8, 4) is 0 Å². The van der Waals surface area contributed by atoms with Crippen LogP contribution in [-0.4, -0.2) is 11.7 Å². The zero-order valence-electron chi connectivity index (χ0n) is 10.6. The van der Waals surface area contributed by atoms with Crippen LogP contribution in [0.15, 0.2) is 46.9 Å². The van der Waals surface area contributed by atoms with Crippen LogP contribution in [0.1, 0.15) is 29.6 Å². The molecule has 1 heterocycles. The van der Waals surface area contributed by atoms with E-state index in [1.165, 1.54) is 0 Å². The van der Waals surface area contributed by atoms with Crippen LogP contribution in [0.3, 0.4) is 0 Å². The van der Waals surface area contributed by atoms with Gasteiger partial charge in [0.15, 0.2) is 0 Å². The Morgan fingerprint density at radius 2 is 1.94 bits per heavy atom. The van der Waals surface area contributed by atoms with Gasteiger partial charge in [-0.3, -0.25) is 0 Å². The largest absolute Gasteiger partial charge is 0.465 e. The van der Waals surface area contributed by atoms with Crippen molar-refractivity contribution < 1.29 is 9.52 Å². The van der Waals surface area contributed by atoms with Crippen LogP contribution >= 0.6 is 0 Å². The lowest BCUT2D eigenvalue weighted by molar-refractivity contribution is 0.166. The third kappa shape index (κ3) is 3.72. The number of aryl methyl sites for hydroxylation is 1. The molecule has 1 aromatic heterocycles. The molecule has 0 fully saturated rings. The smallest absolute Gasteiger partial charge is 0.117 e. The van der Waals surface area contributed by atoms with E-state index in [1.807, 2.05) is 49.4 Å². The van der Waals surface area contributed by atoms with Crippen LogP contribution in [0.4, 0.5) is 0 Å². The highest BCUT2D eigenvalue weighted by molar-refractivity contribution is 5.17. The summed E-state index contributed by atoms with van der Waals surface area (Å²) >= 11 is 0. The number of furan rings is 1. The van der Waals surface area contributed by atoms with Crippen molar-refractivity contribution >= 4 is 0 Å². The summed E-state index contributed by atoms with van der Waals surface area (Å²) in [6.07, 6.45) is 0.293. The number of nitrogens with one attached hydrogen (secondary N) is 1. The average molecular weight is 245 g/mol. The van der Waals surface area contributed by atoms with Crippen molar-refractivity contribution in [3.63, 3.8) is 0 Å². The van der Waals surface area contributed by atoms with Gasteiger partial charge in [0.2, 0.25) is 0 Å². The minimum Gasteiger partial charge on any atom is -0.465 e.